The van der Waals surface area contributed by atoms with Crippen molar-refractivity contribution in [2.45, 2.75) is 109 Å². The Hall–Kier alpha value is -4.25. The number of benzene rings is 3. The fourth-order valence-electron chi connectivity index (χ4n) is 6.11. The molecule has 254 valence electrons. The van der Waals surface area contributed by atoms with Crippen molar-refractivity contribution in [2.75, 3.05) is 11.5 Å². The van der Waals surface area contributed by atoms with Crippen LogP contribution in [0.4, 0.5) is 5.69 Å². The highest BCUT2D eigenvalue weighted by atomic mass is 16.5. The summed E-state index contributed by atoms with van der Waals surface area (Å²) in [6.45, 7) is 0.753. The summed E-state index contributed by atoms with van der Waals surface area (Å²) in [4.78, 5) is 37.1. The Labute approximate surface area is 288 Å². The van der Waals surface area contributed by atoms with E-state index in [0.717, 1.165) is 30.8 Å². The van der Waals surface area contributed by atoms with Gasteiger partial charge in [-0.1, -0.05) is 151 Å². The highest BCUT2D eigenvalue weighted by Crippen LogP contribution is 2.21. The standard InChI is InChI=1S/C43H53NO4/c45-41(38-21-17-15-18-22-38)32-27-37-25-30-40(31-26-37)48-35-19-14-12-10-8-6-4-2-1-3-5-7-9-11-13-16-20-36-23-28-39(29-24-36)44-42(46)33-34-43(44)47/h15,17-18,21-34H,1-14,16,19-20,35H2. The molecule has 0 aliphatic carbocycles. The number of aryl methyl sites for hydroxylation is 1. The molecule has 3 aromatic rings. The minimum absolute atomic E-state index is 0.0110. The van der Waals surface area contributed by atoms with Gasteiger partial charge in [0.05, 0.1) is 12.3 Å². The third-order valence-corrected chi connectivity index (χ3v) is 9.00. The van der Waals surface area contributed by atoms with Crippen LogP contribution in [0.3, 0.4) is 0 Å². The van der Waals surface area contributed by atoms with E-state index in [0.29, 0.717) is 11.3 Å². The van der Waals surface area contributed by atoms with Gasteiger partial charge in [-0.3, -0.25) is 14.4 Å². The van der Waals surface area contributed by atoms with Gasteiger partial charge < -0.3 is 4.74 Å². The Kier molecular flexibility index (Phi) is 16.5. The number of imide groups is 1. The lowest BCUT2D eigenvalue weighted by Crippen LogP contribution is -2.29. The smallest absolute Gasteiger partial charge is 0.258 e. The predicted molar refractivity (Wildman–Crippen MR) is 197 cm³/mol. The minimum Gasteiger partial charge on any atom is -0.494 e. The van der Waals surface area contributed by atoms with Crippen molar-refractivity contribution >= 4 is 29.4 Å². The summed E-state index contributed by atoms with van der Waals surface area (Å²) in [5.74, 6) is 0.364. The van der Waals surface area contributed by atoms with Gasteiger partial charge in [0.1, 0.15) is 5.75 Å². The molecule has 0 radical (unpaired) electrons. The lowest BCUT2D eigenvalue weighted by Gasteiger charge is -2.14. The van der Waals surface area contributed by atoms with Gasteiger partial charge in [-0.25, -0.2) is 4.90 Å². The largest absolute Gasteiger partial charge is 0.494 e. The maximum Gasteiger partial charge on any atom is 0.258 e. The number of unbranched alkanes of at least 4 members (excludes halogenated alkanes) is 15. The van der Waals surface area contributed by atoms with Crippen molar-refractivity contribution in [1.82, 2.24) is 0 Å². The van der Waals surface area contributed by atoms with Crippen LogP contribution in [0, 0.1) is 0 Å². The molecule has 0 saturated heterocycles. The number of carbonyl (C=O) groups excluding carboxylic acids is 3. The van der Waals surface area contributed by atoms with Crippen LogP contribution >= 0.6 is 0 Å². The number of hydrogen-bond donors (Lipinski definition) is 0. The van der Waals surface area contributed by atoms with E-state index in [2.05, 4.69) is 0 Å². The molecule has 5 heteroatoms. The third-order valence-electron chi connectivity index (χ3n) is 9.00. The zero-order valence-corrected chi connectivity index (χ0v) is 28.6. The number of carbonyl (C=O) groups is 3. The first-order valence-electron chi connectivity index (χ1n) is 18.3. The Bertz CT molecular complexity index is 1420. The fraction of sp³-hybridized carbons (Fsp3) is 0.419. The van der Waals surface area contributed by atoms with E-state index in [4.69, 9.17) is 4.74 Å². The summed E-state index contributed by atoms with van der Waals surface area (Å²) in [6, 6.07) is 25.1. The summed E-state index contributed by atoms with van der Waals surface area (Å²) >= 11 is 0. The van der Waals surface area contributed by atoms with Crippen molar-refractivity contribution in [3.05, 3.63) is 114 Å². The highest BCUT2D eigenvalue weighted by Gasteiger charge is 2.24. The number of amides is 2. The average Bonchev–Trinajstić information content (AvgIpc) is 3.46. The van der Waals surface area contributed by atoms with Crippen molar-refractivity contribution < 1.29 is 19.1 Å². The molecule has 4 rings (SSSR count). The van der Waals surface area contributed by atoms with Crippen LogP contribution < -0.4 is 9.64 Å². The Balaban J connectivity index is 0.877. The summed E-state index contributed by atoms with van der Waals surface area (Å²) in [7, 11) is 0. The second-order valence-electron chi connectivity index (χ2n) is 12.9. The third kappa shape index (κ3) is 13.5. The molecular weight excluding hydrogens is 594 g/mol. The molecule has 0 spiro atoms. The van der Waals surface area contributed by atoms with Crippen molar-refractivity contribution in [3.63, 3.8) is 0 Å². The van der Waals surface area contributed by atoms with Crippen LogP contribution in [0.5, 0.6) is 5.75 Å². The summed E-state index contributed by atoms with van der Waals surface area (Å²) < 4.78 is 5.91. The molecule has 0 atom stereocenters. The first-order chi connectivity index (χ1) is 23.6. The Morgan fingerprint density at radius 2 is 1.06 bits per heavy atom. The maximum absolute atomic E-state index is 12.2. The molecule has 3 aromatic carbocycles. The fourth-order valence-corrected chi connectivity index (χ4v) is 6.11. The van der Waals surface area contributed by atoms with Gasteiger partial charge in [-0.05, 0) is 60.7 Å². The van der Waals surface area contributed by atoms with Gasteiger partial charge in [0.25, 0.3) is 11.8 Å². The topological polar surface area (TPSA) is 63.7 Å². The maximum atomic E-state index is 12.2. The van der Waals surface area contributed by atoms with Crippen LogP contribution in [-0.4, -0.2) is 24.2 Å². The van der Waals surface area contributed by atoms with Crippen LogP contribution in [0.15, 0.2) is 97.1 Å². The molecule has 0 fully saturated rings. The summed E-state index contributed by atoms with van der Waals surface area (Å²) in [5.41, 5.74) is 3.60. The molecule has 0 saturated carbocycles. The van der Waals surface area contributed by atoms with Gasteiger partial charge in [0, 0.05) is 17.7 Å². The molecule has 48 heavy (non-hydrogen) atoms. The quantitative estimate of drug-likeness (QED) is 0.0420. The minimum atomic E-state index is -0.265. The van der Waals surface area contributed by atoms with E-state index >= 15 is 0 Å². The molecule has 1 aliphatic heterocycles. The molecule has 0 unspecified atom stereocenters. The zero-order valence-electron chi connectivity index (χ0n) is 28.6. The van der Waals surface area contributed by atoms with Crippen LogP contribution in [0.1, 0.15) is 124 Å². The van der Waals surface area contributed by atoms with Crippen LogP contribution in [0.2, 0.25) is 0 Å². The SMILES string of the molecule is O=C(C=Cc1ccc(OCCCCCCCCCCCCCCCCCCc2ccc(N3C(=O)C=CC3=O)cc2)cc1)c1ccccc1. The molecule has 1 heterocycles. The lowest BCUT2D eigenvalue weighted by atomic mass is 10.0. The normalized spacial score (nSPS) is 12.8. The molecular formula is C43H53NO4. The molecule has 2 amide bonds. The zero-order chi connectivity index (χ0) is 33.7. The second-order valence-corrected chi connectivity index (χ2v) is 12.9. The number of hydrogen-bond acceptors (Lipinski definition) is 4. The lowest BCUT2D eigenvalue weighted by molar-refractivity contribution is -0.119. The number of ether oxygens (including phenoxy) is 1. The summed E-state index contributed by atoms with van der Waals surface area (Å²) in [6.07, 6.45) is 28.1. The first kappa shape index (κ1) is 36.6. The van der Waals surface area contributed by atoms with E-state index < -0.39 is 0 Å². The molecule has 0 aromatic heterocycles. The highest BCUT2D eigenvalue weighted by molar-refractivity contribution is 6.28. The monoisotopic (exact) mass is 647 g/mol. The molecule has 5 nitrogen and oxygen atoms in total. The average molecular weight is 648 g/mol. The van der Waals surface area contributed by atoms with E-state index in [-0.39, 0.29) is 17.6 Å². The van der Waals surface area contributed by atoms with Gasteiger partial charge in [-0.2, -0.15) is 0 Å². The van der Waals surface area contributed by atoms with Gasteiger partial charge >= 0.3 is 0 Å². The number of anilines is 1. The molecule has 0 N–H and O–H groups in total. The van der Waals surface area contributed by atoms with E-state index in [1.165, 1.54) is 119 Å². The molecule has 0 bridgehead atoms. The number of ketones is 1. The van der Waals surface area contributed by atoms with Crippen molar-refractivity contribution in [3.8, 4) is 5.75 Å². The number of rotatable bonds is 24. The van der Waals surface area contributed by atoms with Crippen LogP contribution in [-0.2, 0) is 16.0 Å². The first-order valence-corrected chi connectivity index (χ1v) is 18.3. The predicted octanol–water partition coefficient (Wildman–Crippen LogP) is 10.9. The number of nitrogens with zero attached hydrogens (tertiary/aromatic N) is 1. The second kappa shape index (κ2) is 21.6. The molecule has 1 aliphatic rings. The van der Waals surface area contributed by atoms with Crippen molar-refractivity contribution in [2.24, 2.45) is 0 Å². The van der Waals surface area contributed by atoms with Gasteiger partial charge in [0.15, 0.2) is 5.78 Å². The van der Waals surface area contributed by atoms with E-state index in [1.54, 1.807) is 6.08 Å². The van der Waals surface area contributed by atoms with Gasteiger partial charge in [0.2, 0.25) is 0 Å². The van der Waals surface area contributed by atoms with E-state index in [9.17, 15) is 14.4 Å². The Morgan fingerprint density at radius 3 is 1.60 bits per heavy atom. The Morgan fingerprint density at radius 1 is 0.562 bits per heavy atom. The van der Waals surface area contributed by atoms with Crippen LogP contribution in [0.25, 0.3) is 6.08 Å². The van der Waals surface area contributed by atoms with E-state index in [1.807, 2.05) is 84.9 Å². The number of allylic oxidation sites excluding steroid dienone is 1. The summed E-state index contributed by atoms with van der Waals surface area (Å²) in [5, 5.41) is 0. The van der Waals surface area contributed by atoms with Gasteiger partial charge in [-0.15, -0.1) is 0 Å². The van der Waals surface area contributed by atoms with Crippen molar-refractivity contribution in [1.29, 1.82) is 0 Å².